The maximum absolute atomic E-state index is 11.4. The fraction of sp³-hybridized carbons (Fsp3) is 0.769. The van der Waals surface area contributed by atoms with Gasteiger partial charge < -0.3 is 9.47 Å². The molecule has 1 aliphatic carbocycles. The lowest BCUT2D eigenvalue weighted by atomic mass is 9.96. The molecule has 3 nitrogen and oxygen atoms in total. The first-order chi connectivity index (χ1) is 7.71. The summed E-state index contributed by atoms with van der Waals surface area (Å²) in [6, 6.07) is 0. The highest BCUT2D eigenvalue weighted by Gasteiger charge is 2.22. The third-order valence-corrected chi connectivity index (χ3v) is 3.07. The minimum Gasteiger partial charge on any atom is -0.466 e. The molecule has 0 saturated heterocycles. The molecule has 0 amide bonds. The van der Waals surface area contributed by atoms with Crippen LogP contribution in [0.25, 0.3) is 0 Å². The Bertz CT molecular complexity index is 254. The van der Waals surface area contributed by atoms with Crippen LogP contribution < -0.4 is 0 Å². The molecule has 0 saturated carbocycles. The van der Waals surface area contributed by atoms with Gasteiger partial charge in [0, 0.05) is 12.0 Å². The molecule has 0 heterocycles. The lowest BCUT2D eigenvalue weighted by Crippen LogP contribution is -2.25. The Morgan fingerprint density at radius 1 is 1.50 bits per heavy atom. The highest BCUT2D eigenvalue weighted by atomic mass is 16.5. The van der Waals surface area contributed by atoms with Gasteiger partial charge in [-0.25, -0.2) is 4.79 Å². The quantitative estimate of drug-likeness (QED) is 0.676. The zero-order chi connectivity index (χ0) is 12.0. The average molecular weight is 226 g/mol. The number of hydrogen-bond acceptors (Lipinski definition) is 3. The van der Waals surface area contributed by atoms with Crippen molar-refractivity contribution in [2.75, 3.05) is 7.11 Å². The Balaban J connectivity index is 2.48. The summed E-state index contributed by atoms with van der Waals surface area (Å²) in [6.45, 7) is 4.27. The van der Waals surface area contributed by atoms with Gasteiger partial charge in [-0.1, -0.05) is 19.9 Å². The van der Waals surface area contributed by atoms with Gasteiger partial charge in [-0.05, 0) is 25.7 Å². The van der Waals surface area contributed by atoms with Gasteiger partial charge in [0.15, 0.2) is 0 Å². The number of hydrogen-bond donors (Lipinski definition) is 0. The summed E-state index contributed by atoms with van der Waals surface area (Å²) in [5.41, 5.74) is 0.768. The van der Waals surface area contributed by atoms with E-state index in [9.17, 15) is 4.79 Å². The van der Waals surface area contributed by atoms with E-state index in [1.165, 1.54) is 7.11 Å². The van der Waals surface area contributed by atoms with Crippen molar-refractivity contribution in [2.24, 2.45) is 0 Å². The standard InChI is InChI=1S/C13H22O3/c1-4-11(5-2)16-12-8-6-7-10(9-12)13(14)15-3/h7,11-12H,4-6,8-9H2,1-3H3/t12-/m0/s1. The van der Waals surface area contributed by atoms with Crippen LogP contribution in [0.5, 0.6) is 0 Å². The molecule has 0 radical (unpaired) electrons. The van der Waals surface area contributed by atoms with Crippen molar-refractivity contribution in [3.63, 3.8) is 0 Å². The van der Waals surface area contributed by atoms with Crippen LogP contribution in [0.2, 0.25) is 0 Å². The summed E-state index contributed by atoms with van der Waals surface area (Å²) in [6.07, 6.45) is 7.16. The molecule has 92 valence electrons. The van der Waals surface area contributed by atoms with Crippen LogP contribution in [0.4, 0.5) is 0 Å². The predicted molar refractivity (Wildman–Crippen MR) is 63.2 cm³/mol. The van der Waals surface area contributed by atoms with Gasteiger partial charge in [-0.2, -0.15) is 0 Å². The minimum absolute atomic E-state index is 0.184. The van der Waals surface area contributed by atoms with Crippen molar-refractivity contribution in [3.8, 4) is 0 Å². The molecule has 0 spiro atoms. The van der Waals surface area contributed by atoms with E-state index < -0.39 is 0 Å². The Morgan fingerprint density at radius 3 is 2.75 bits per heavy atom. The summed E-state index contributed by atoms with van der Waals surface area (Å²) >= 11 is 0. The van der Waals surface area contributed by atoms with Crippen LogP contribution in [0, 0.1) is 0 Å². The second kappa shape index (κ2) is 6.69. The summed E-state index contributed by atoms with van der Waals surface area (Å²) in [5, 5.41) is 0. The fourth-order valence-electron chi connectivity index (χ4n) is 2.04. The Hall–Kier alpha value is -0.830. The SMILES string of the molecule is CCC(CC)O[C@H]1CCC=C(C(=O)OC)C1. The molecule has 0 fully saturated rings. The van der Waals surface area contributed by atoms with Crippen molar-refractivity contribution >= 4 is 5.97 Å². The molecular formula is C13H22O3. The molecule has 0 aromatic heterocycles. The van der Waals surface area contributed by atoms with E-state index in [1.54, 1.807) is 0 Å². The number of esters is 1. The van der Waals surface area contributed by atoms with E-state index in [0.717, 1.165) is 31.3 Å². The number of carbonyl (C=O) groups excluding carboxylic acids is 1. The molecule has 16 heavy (non-hydrogen) atoms. The first-order valence-corrected chi connectivity index (χ1v) is 6.14. The number of rotatable bonds is 5. The molecule has 1 atom stereocenters. The maximum Gasteiger partial charge on any atom is 0.333 e. The normalized spacial score (nSPS) is 20.8. The molecule has 0 aromatic rings. The fourth-order valence-corrected chi connectivity index (χ4v) is 2.04. The monoisotopic (exact) mass is 226 g/mol. The van der Waals surface area contributed by atoms with Gasteiger partial charge in [-0.3, -0.25) is 0 Å². The second-order valence-electron chi connectivity index (χ2n) is 4.20. The van der Waals surface area contributed by atoms with Gasteiger partial charge in [0.2, 0.25) is 0 Å². The molecular weight excluding hydrogens is 204 g/mol. The zero-order valence-electron chi connectivity index (χ0n) is 10.5. The number of ether oxygens (including phenoxy) is 2. The maximum atomic E-state index is 11.4. The molecule has 0 unspecified atom stereocenters. The number of carbonyl (C=O) groups is 1. The third kappa shape index (κ3) is 3.63. The topological polar surface area (TPSA) is 35.5 Å². The second-order valence-corrected chi connectivity index (χ2v) is 4.20. The predicted octanol–water partition coefficient (Wildman–Crippen LogP) is 2.84. The van der Waals surface area contributed by atoms with Crippen LogP contribution in [-0.4, -0.2) is 25.3 Å². The van der Waals surface area contributed by atoms with Crippen LogP contribution >= 0.6 is 0 Å². The molecule has 1 rings (SSSR count). The average Bonchev–Trinajstić information content (AvgIpc) is 2.35. The Morgan fingerprint density at radius 2 is 2.19 bits per heavy atom. The number of methoxy groups -OCH3 is 1. The molecule has 1 aliphatic rings. The van der Waals surface area contributed by atoms with Crippen LogP contribution in [-0.2, 0) is 14.3 Å². The van der Waals surface area contributed by atoms with Gasteiger partial charge in [0.25, 0.3) is 0 Å². The highest BCUT2D eigenvalue weighted by molar-refractivity contribution is 5.88. The summed E-state index contributed by atoms with van der Waals surface area (Å²) < 4.78 is 10.7. The number of allylic oxidation sites excluding steroid dienone is 1. The van der Waals surface area contributed by atoms with Crippen molar-refractivity contribution in [2.45, 2.75) is 58.2 Å². The largest absolute Gasteiger partial charge is 0.466 e. The molecule has 0 N–H and O–H groups in total. The highest BCUT2D eigenvalue weighted by Crippen LogP contribution is 2.24. The Labute approximate surface area is 97.8 Å². The summed E-state index contributed by atoms with van der Waals surface area (Å²) in [7, 11) is 1.43. The lowest BCUT2D eigenvalue weighted by molar-refractivity contribution is -0.137. The van der Waals surface area contributed by atoms with Gasteiger partial charge in [0.1, 0.15) is 0 Å². The molecule has 0 aliphatic heterocycles. The molecule has 0 aromatic carbocycles. The van der Waals surface area contributed by atoms with Crippen LogP contribution in [0.3, 0.4) is 0 Å². The van der Waals surface area contributed by atoms with E-state index in [1.807, 2.05) is 6.08 Å². The zero-order valence-corrected chi connectivity index (χ0v) is 10.5. The van der Waals surface area contributed by atoms with E-state index in [2.05, 4.69) is 13.8 Å². The first kappa shape index (κ1) is 13.2. The van der Waals surface area contributed by atoms with E-state index in [4.69, 9.17) is 9.47 Å². The van der Waals surface area contributed by atoms with E-state index in [0.29, 0.717) is 12.5 Å². The smallest absolute Gasteiger partial charge is 0.333 e. The first-order valence-electron chi connectivity index (χ1n) is 6.14. The lowest BCUT2D eigenvalue weighted by Gasteiger charge is -2.26. The van der Waals surface area contributed by atoms with Crippen molar-refractivity contribution in [3.05, 3.63) is 11.6 Å². The summed E-state index contributed by atoms with van der Waals surface area (Å²) in [4.78, 5) is 11.4. The van der Waals surface area contributed by atoms with Crippen LogP contribution in [0.15, 0.2) is 11.6 Å². The Kier molecular flexibility index (Phi) is 5.53. The van der Waals surface area contributed by atoms with Gasteiger partial charge in [0.05, 0.1) is 19.3 Å². The van der Waals surface area contributed by atoms with E-state index >= 15 is 0 Å². The van der Waals surface area contributed by atoms with Gasteiger partial charge in [-0.15, -0.1) is 0 Å². The van der Waals surface area contributed by atoms with Crippen molar-refractivity contribution in [1.82, 2.24) is 0 Å². The van der Waals surface area contributed by atoms with Crippen molar-refractivity contribution < 1.29 is 14.3 Å². The van der Waals surface area contributed by atoms with Crippen molar-refractivity contribution in [1.29, 1.82) is 0 Å². The minimum atomic E-state index is -0.210. The third-order valence-electron chi connectivity index (χ3n) is 3.07. The van der Waals surface area contributed by atoms with E-state index in [-0.39, 0.29) is 12.1 Å². The summed E-state index contributed by atoms with van der Waals surface area (Å²) in [5.74, 6) is -0.210. The molecule has 3 heteroatoms. The van der Waals surface area contributed by atoms with Gasteiger partial charge >= 0.3 is 5.97 Å². The molecule has 0 bridgehead atoms. The van der Waals surface area contributed by atoms with Crippen LogP contribution in [0.1, 0.15) is 46.0 Å².